The van der Waals surface area contributed by atoms with Gasteiger partial charge in [0.25, 0.3) is 0 Å². The topological polar surface area (TPSA) is 43.4 Å². The van der Waals surface area contributed by atoms with E-state index in [2.05, 4.69) is 0 Å². The van der Waals surface area contributed by atoms with Crippen molar-refractivity contribution in [3.8, 4) is 5.75 Å². The van der Waals surface area contributed by atoms with Crippen LogP contribution in [0.3, 0.4) is 0 Å². The molecule has 128 valence electrons. The number of esters is 1. The van der Waals surface area contributed by atoms with Gasteiger partial charge in [-0.15, -0.1) is 0 Å². The Kier molecular flexibility index (Phi) is 5.40. The van der Waals surface area contributed by atoms with Gasteiger partial charge in [-0.05, 0) is 42.8 Å². The van der Waals surface area contributed by atoms with E-state index in [4.69, 9.17) is 4.74 Å². The molecule has 0 atom stereocenters. The van der Waals surface area contributed by atoms with Crippen LogP contribution in [0.1, 0.15) is 31.8 Å². The van der Waals surface area contributed by atoms with E-state index in [-0.39, 0.29) is 5.78 Å². The van der Waals surface area contributed by atoms with Gasteiger partial charge in [0.05, 0.1) is 5.56 Å². The Bertz CT molecular complexity index is 921. The quantitative estimate of drug-likeness (QED) is 0.280. The molecule has 0 N–H and O–H groups in total. The van der Waals surface area contributed by atoms with Crippen LogP contribution < -0.4 is 4.74 Å². The minimum atomic E-state index is -0.400. The van der Waals surface area contributed by atoms with E-state index in [1.165, 1.54) is 6.08 Å². The van der Waals surface area contributed by atoms with E-state index >= 15 is 0 Å². The smallest absolute Gasteiger partial charge is 0.343 e. The summed E-state index contributed by atoms with van der Waals surface area (Å²) in [5.74, 6) is 0.00823. The normalized spacial score (nSPS) is 10.7. The average molecular weight is 342 g/mol. The molecule has 0 saturated carbocycles. The number of ether oxygens (including phenoxy) is 1. The predicted molar refractivity (Wildman–Crippen MR) is 102 cm³/mol. The maximum Gasteiger partial charge on any atom is 0.343 e. The highest BCUT2D eigenvalue weighted by Crippen LogP contribution is 2.15. The average Bonchev–Trinajstić information content (AvgIpc) is 2.68. The molecule has 0 aliphatic rings. The van der Waals surface area contributed by atoms with E-state index in [1.54, 1.807) is 54.6 Å². The predicted octanol–water partition coefficient (Wildman–Crippen LogP) is 5.11. The highest BCUT2D eigenvalue weighted by molar-refractivity contribution is 6.06. The number of carbonyl (C=O) groups is 2. The van der Waals surface area contributed by atoms with E-state index in [0.717, 1.165) is 11.1 Å². The van der Waals surface area contributed by atoms with E-state index < -0.39 is 5.97 Å². The molecule has 0 aliphatic carbocycles. The summed E-state index contributed by atoms with van der Waals surface area (Å²) in [5.41, 5.74) is 3.12. The van der Waals surface area contributed by atoms with Gasteiger partial charge < -0.3 is 4.74 Å². The second-order valence-electron chi connectivity index (χ2n) is 5.89. The molecular weight excluding hydrogens is 324 g/mol. The van der Waals surface area contributed by atoms with Crippen LogP contribution in [-0.2, 0) is 0 Å². The minimum absolute atomic E-state index is 0.0513. The summed E-state index contributed by atoms with van der Waals surface area (Å²) in [4.78, 5) is 24.2. The summed E-state index contributed by atoms with van der Waals surface area (Å²) in [5, 5.41) is 0. The molecular formula is C23H18O3. The minimum Gasteiger partial charge on any atom is -0.423 e. The SMILES string of the molecule is Cc1ccc(C(=O)/C=C/c2ccc(OC(=O)c3ccccc3)cc2)cc1. The van der Waals surface area contributed by atoms with Crippen molar-refractivity contribution in [1.29, 1.82) is 0 Å². The molecule has 0 spiro atoms. The van der Waals surface area contributed by atoms with E-state index in [0.29, 0.717) is 16.9 Å². The molecule has 0 aromatic heterocycles. The van der Waals surface area contributed by atoms with Gasteiger partial charge in [0, 0.05) is 5.56 Å². The molecule has 0 amide bonds. The Hall–Kier alpha value is -3.46. The molecule has 26 heavy (non-hydrogen) atoms. The van der Waals surface area contributed by atoms with Gasteiger partial charge in [0.1, 0.15) is 5.75 Å². The Labute approximate surface area is 152 Å². The van der Waals surface area contributed by atoms with Gasteiger partial charge in [-0.25, -0.2) is 4.79 Å². The zero-order valence-electron chi connectivity index (χ0n) is 14.4. The largest absolute Gasteiger partial charge is 0.423 e. The van der Waals surface area contributed by atoms with Crippen molar-refractivity contribution >= 4 is 17.8 Å². The molecule has 3 nitrogen and oxygen atoms in total. The molecule has 3 aromatic rings. The summed E-state index contributed by atoms with van der Waals surface area (Å²) in [6, 6.07) is 23.3. The second kappa shape index (κ2) is 8.08. The third kappa shape index (κ3) is 4.54. The van der Waals surface area contributed by atoms with Crippen LogP contribution in [0.25, 0.3) is 6.08 Å². The van der Waals surface area contributed by atoms with Crippen molar-refractivity contribution < 1.29 is 14.3 Å². The lowest BCUT2D eigenvalue weighted by molar-refractivity contribution is 0.0734. The van der Waals surface area contributed by atoms with Crippen LogP contribution in [0.4, 0.5) is 0 Å². The fourth-order valence-electron chi connectivity index (χ4n) is 2.37. The first-order valence-corrected chi connectivity index (χ1v) is 8.28. The third-order valence-corrected chi connectivity index (χ3v) is 3.86. The van der Waals surface area contributed by atoms with Gasteiger partial charge in [-0.1, -0.05) is 66.2 Å². The molecule has 3 heteroatoms. The molecule has 0 radical (unpaired) electrons. The first-order chi connectivity index (χ1) is 12.6. The third-order valence-electron chi connectivity index (χ3n) is 3.86. The van der Waals surface area contributed by atoms with Crippen molar-refractivity contribution in [2.24, 2.45) is 0 Å². The standard InChI is InChI=1S/C23H18O3/c1-17-7-12-19(13-8-17)22(24)16-11-18-9-14-21(15-10-18)26-23(25)20-5-3-2-4-6-20/h2-16H,1H3/b16-11+. The molecule has 0 heterocycles. The summed E-state index contributed by atoms with van der Waals surface area (Å²) in [6.07, 6.45) is 3.28. The summed E-state index contributed by atoms with van der Waals surface area (Å²) >= 11 is 0. The number of ketones is 1. The summed E-state index contributed by atoms with van der Waals surface area (Å²) in [7, 11) is 0. The van der Waals surface area contributed by atoms with Crippen LogP contribution >= 0.6 is 0 Å². The summed E-state index contributed by atoms with van der Waals surface area (Å²) < 4.78 is 5.33. The van der Waals surface area contributed by atoms with E-state index in [9.17, 15) is 9.59 Å². The van der Waals surface area contributed by atoms with Crippen LogP contribution in [0.2, 0.25) is 0 Å². The van der Waals surface area contributed by atoms with Gasteiger partial charge in [-0.3, -0.25) is 4.79 Å². The number of hydrogen-bond acceptors (Lipinski definition) is 3. The van der Waals surface area contributed by atoms with Crippen molar-refractivity contribution in [1.82, 2.24) is 0 Å². The van der Waals surface area contributed by atoms with Gasteiger partial charge in [0.2, 0.25) is 0 Å². The van der Waals surface area contributed by atoms with Crippen LogP contribution in [0.15, 0.2) is 84.9 Å². The van der Waals surface area contributed by atoms with Crippen molar-refractivity contribution in [3.63, 3.8) is 0 Å². The highest BCUT2D eigenvalue weighted by atomic mass is 16.5. The van der Waals surface area contributed by atoms with Crippen LogP contribution in [0.5, 0.6) is 5.75 Å². The second-order valence-corrected chi connectivity index (χ2v) is 5.89. The van der Waals surface area contributed by atoms with Crippen molar-refractivity contribution in [2.45, 2.75) is 6.92 Å². The zero-order valence-corrected chi connectivity index (χ0v) is 14.4. The van der Waals surface area contributed by atoms with Gasteiger partial charge in [0.15, 0.2) is 5.78 Å². The molecule has 3 aromatic carbocycles. The molecule has 0 saturated heterocycles. The molecule has 0 bridgehead atoms. The Morgan fingerprint density at radius 1 is 0.769 bits per heavy atom. The maximum absolute atomic E-state index is 12.1. The van der Waals surface area contributed by atoms with Crippen LogP contribution in [-0.4, -0.2) is 11.8 Å². The Morgan fingerprint density at radius 2 is 1.42 bits per heavy atom. The number of benzene rings is 3. The highest BCUT2D eigenvalue weighted by Gasteiger charge is 2.07. The number of carbonyl (C=O) groups excluding carboxylic acids is 2. The number of hydrogen-bond donors (Lipinski definition) is 0. The van der Waals surface area contributed by atoms with E-state index in [1.807, 2.05) is 37.3 Å². The van der Waals surface area contributed by atoms with Crippen molar-refractivity contribution in [2.75, 3.05) is 0 Å². The van der Waals surface area contributed by atoms with Gasteiger partial charge >= 0.3 is 5.97 Å². The van der Waals surface area contributed by atoms with Crippen molar-refractivity contribution in [3.05, 3.63) is 107 Å². The molecule has 0 aliphatic heterocycles. The molecule has 0 unspecified atom stereocenters. The maximum atomic E-state index is 12.1. The molecule has 3 rings (SSSR count). The number of aryl methyl sites for hydroxylation is 1. The Morgan fingerprint density at radius 3 is 2.08 bits per heavy atom. The van der Waals surface area contributed by atoms with Crippen LogP contribution in [0, 0.1) is 6.92 Å². The first-order valence-electron chi connectivity index (χ1n) is 8.28. The Balaban J connectivity index is 1.63. The molecule has 0 fully saturated rings. The fourth-order valence-corrected chi connectivity index (χ4v) is 2.37. The zero-order chi connectivity index (χ0) is 18.4. The lowest BCUT2D eigenvalue weighted by Gasteiger charge is -2.04. The first kappa shape index (κ1) is 17.4. The summed E-state index contributed by atoms with van der Waals surface area (Å²) in [6.45, 7) is 1.98. The van der Waals surface area contributed by atoms with Gasteiger partial charge in [-0.2, -0.15) is 0 Å². The fraction of sp³-hybridized carbons (Fsp3) is 0.0435. The monoisotopic (exact) mass is 342 g/mol. The number of rotatable bonds is 5. The lowest BCUT2D eigenvalue weighted by Crippen LogP contribution is -2.07. The lowest BCUT2D eigenvalue weighted by atomic mass is 10.1. The number of allylic oxidation sites excluding steroid dienone is 1.